The number of halogens is 1. The highest BCUT2D eigenvalue weighted by Gasteiger charge is 2.39. The van der Waals surface area contributed by atoms with E-state index in [1.165, 1.54) is 12.8 Å². The summed E-state index contributed by atoms with van der Waals surface area (Å²) in [5.74, 6) is 0.249. The molecular weight excluding hydrogens is 286 g/mol. The summed E-state index contributed by atoms with van der Waals surface area (Å²) in [7, 11) is 4.07. The first-order valence-electron chi connectivity index (χ1n) is 7.87. The number of hydrogen-bond donors (Lipinski definition) is 1. The van der Waals surface area contributed by atoms with Crippen molar-refractivity contribution in [1.82, 2.24) is 14.7 Å². The minimum Gasteiger partial charge on any atom is -0.386 e. The maximum absolute atomic E-state index is 10.9. The number of hydrogen-bond acceptors (Lipinski definition) is 3. The number of aliphatic hydroxyl groups excluding tert-OH is 1. The SMILES string of the molecule is CN(C)CCn1ncc(Cl)c1C(O)C1CCCCC1(C)C. The maximum atomic E-state index is 10.9. The molecule has 1 saturated carbocycles. The predicted molar refractivity (Wildman–Crippen MR) is 86.5 cm³/mol. The summed E-state index contributed by atoms with van der Waals surface area (Å²) >= 11 is 6.31. The monoisotopic (exact) mass is 313 g/mol. The molecule has 0 bridgehead atoms. The third-order valence-corrected chi connectivity index (χ3v) is 5.13. The van der Waals surface area contributed by atoms with Crippen molar-refractivity contribution in [2.75, 3.05) is 20.6 Å². The summed E-state index contributed by atoms with van der Waals surface area (Å²) in [6.07, 6.45) is 5.79. The van der Waals surface area contributed by atoms with E-state index in [0.29, 0.717) is 5.02 Å². The first kappa shape index (κ1) is 16.8. The molecule has 0 amide bonds. The third kappa shape index (κ3) is 3.79. The molecule has 2 unspecified atom stereocenters. The van der Waals surface area contributed by atoms with Crippen molar-refractivity contribution in [3.8, 4) is 0 Å². The molecular formula is C16H28ClN3O. The van der Waals surface area contributed by atoms with E-state index in [1.807, 2.05) is 18.8 Å². The lowest BCUT2D eigenvalue weighted by atomic mass is 9.66. The van der Waals surface area contributed by atoms with Gasteiger partial charge in [-0.05, 0) is 38.3 Å². The van der Waals surface area contributed by atoms with E-state index in [9.17, 15) is 5.11 Å². The molecule has 0 aromatic carbocycles. The standard InChI is InChI=1S/C16H28ClN3O/c1-16(2)8-6-5-7-12(16)15(21)14-13(17)11-18-20(14)10-9-19(3)4/h11-12,15,21H,5-10H2,1-4H3. The molecule has 2 atom stereocenters. The van der Waals surface area contributed by atoms with Gasteiger partial charge in [-0.15, -0.1) is 0 Å². The largest absolute Gasteiger partial charge is 0.386 e. The minimum absolute atomic E-state index is 0.150. The molecule has 0 aliphatic heterocycles. The van der Waals surface area contributed by atoms with Gasteiger partial charge in [-0.25, -0.2) is 0 Å². The van der Waals surface area contributed by atoms with Crippen LogP contribution in [0.2, 0.25) is 5.02 Å². The predicted octanol–water partition coefficient (Wildman–Crippen LogP) is 3.35. The van der Waals surface area contributed by atoms with Gasteiger partial charge in [0.05, 0.1) is 23.5 Å². The van der Waals surface area contributed by atoms with Crippen LogP contribution in [0.3, 0.4) is 0 Å². The van der Waals surface area contributed by atoms with Gasteiger partial charge in [0.2, 0.25) is 0 Å². The van der Waals surface area contributed by atoms with Gasteiger partial charge in [-0.3, -0.25) is 4.68 Å². The molecule has 1 heterocycles. The van der Waals surface area contributed by atoms with E-state index in [2.05, 4.69) is 23.8 Å². The second kappa shape index (κ2) is 6.67. The van der Waals surface area contributed by atoms with Gasteiger partial charge in [-0.2, -0.15) is 5.10 Å². The molecule has 4 nitrogen and oxygen atoms in total. The van der Waals surface area contributed by atoms with Gasteiger partial charge in [0.15, 0.2) is 0 Å². The summed E-state index contributed by atoms with van der Waals surface area (Å²) in [6, 6.07) is 0. The second-order valence-corrected chi connectivity index (χ2v) is 7.60. The van der Waals surface area contributed by atoms with Gasteiger partial charge in [0, 0.05) is 6.54 Å². The zero-order valence-corrected chi connectivity index (χ0v) is 14.4. The summed E-state index contributed by atoms with van der Waals surface area (Å²) in [5, 5.41) is 15.9. The lowest BCUT2D eigenvalue weighted by Crippen LogP contribution is -2.34. The number of rotatable bonds is 5. The van der Waals surface area contributed by atoms with Crippen molar-refractivity contribution in [3.63, 3.8) is 0 Å². The number of likely N-dealkylation sites (N-methyl/N-ethyl adjacent to an activating group) is 1. The van der Waals surface area contributed by atoms with E-state index in [4.69, 9.17) is 11.6 Å². The van der Waals surface area contributed by atoms with Crippen LogP contribution < -0.4 is 0 Å². The van der Waals surface area contributed by atoms with Crippen molar-refractivity contribution in [3.05, 3.63) is 16.9 Å². The van der Waals surface area contributed by atoms with Crippen molar-refractivity contribution in [2.24, 2.45) is 11.3 Å². The zero-order valence-electron chi connectivity index (χ0n) is 13.6. The topological polar surface area (TPSA) is 41.3 Å². The van der Waals surface area contributed by atoms with Crippen molar-refractivity contribution in [2.45, 2.75) is 52.2 Å². The summed E-state index contributed by atoms with van der Waals surface area (Å²) in [5.41, 5.74) is 0.941. The lowest BCUT2D eigenvalue weighted by Gasteiger charge is -2.41. The fourth-order valence-electron chi connectivity index (χ4n) is 3.44. The Bertz CT molecular complexity index is 470. The third-order valence-electron chi connectivity index (χ3n) is 4.84. The van der Waals surface area contributed by atoms with Gasteiger partial charge in [0.1, 0.15) is 6.10 Å². The maximum Gasteiger partial charge on any atom is 0.100 e. The molecule has 0 spiro atoms. The van der Waals surface area contributed by atoms with Gasteiger partial charge < -0.3 is 10.0 Å². The number of aliphatic hydroxyl groups is 1. The van der Waals surface area contributed by atoms with Crippen LogP contribution >= 0.6 is 11.6 Å². The van der Waals surface area contributed by atoms with Crippen molar-refractivity contribution >= 4 is 11.6 Å². The highest BCUT2D eigenvalue weighted by molar-refractivity contribution is 6.31. The normalized spacial score (nSPS) is 23.5. The van der Waals surface area contributed by atoms with Crippen LogP contribution in [0.1, 0.15) is 51.3 Å². The molecule has 21 heavy (non-hydrogen) atoms. The first-order valence-corrected chi connectivity index (χ1v) is 8.24. The van der Waals surface area contributed by atoms with Crippen LogP contribution in [0.25, 0.3) is 0 Å². The van der Waals surface area contributed by atoms with Crippen LogP contribution in [0.15, 0.2) is 6.20 Å². The molecule has 1 aromatic heterocycles. The number of aromatic nitrogens is 2. The highest BCUT2D eigenvalue weighted by Crippen LogP contribution is 2.47. The van der Waals surface area contributed by atoms with Crippen LogP contribution in [0.4, 0.5) is 0 Å². The molecule has 1 aliphatic carbocycles. The second-order valence-electron chi connectivity index (χ2n) is 7.19. The molecule has 1 aliphatic rings. The zero-order chi connectivity index (χ0) is 15.6. The van der Waals surface area contributed by atoms with Crippen LogP contribution in [0, 0.1) is 11.3 Å². The lowest BCUT2D eigenvalue weighted by molar-refractivity contribution is -0.00116. The fourth-order valence-corrected chi connectivity index (χ4v) is 3.69. The number of nitrogens with zero attached hydrogens (tertiary/aromatic N) is 3. The van der Waals surface area contributed by atoms with E-state index in [1.54, 1.807) is 6.20 Å². The Morgan fingerprint density at radius 2 is 2.19 bits per heavy atom. The highest BCUT2D eigenvalue weighted by atomic mass is 35.5. The van der Waals surface area contributed by atoms with Crippen LogP contribution in [-0.2, 0) is 6.54 Å². The molecule has 1 N–H and O–H groups in total. The van der Waals surface area contributed by atoms with E-state index < -0.39 is 6.10 Å². The molecule has 0 radical (unpaired) electrons. The Morgan fingerprint density at radius 3 is 2.81 bits per heavy atom. The van der Waals surface area contributed by atoms with E-state index in [0.717, 1.165) is 31.6 Å². The first-order chi connectivity index (χ1) is 9.83. The van der Waals surface area contributed by atoms with Crippen molar-refractivity contribution < 1.29 is 5.11 Å². The Labute approximate surface area is 133 Å². The summed E-state index contributed by atoms with van der Waals surface area (Å²) in [4.78, 5) is 2.11. The molecule has 2 rings (SSSR count). The van der Waals surface area contributed by atoms with Gasteiger partial charge in [-0.1, -0.05) is 38.3 Å². The molecule has 1 fully saturated rings. The Morgan fingerprint density at radius 1 is 1.48 bits per heavy atom. The van der Waals surface area contributed by atoms with Crippen LogP contribution in [0.5, 0.6) is 0 Å². The minimum atomic E-state index is -0.530. The molecule has 0 saturated heterocycles. The summed E-state index contributed by atoms with van der Waals surface area (Å²) in [6.45, 7) is 6.15. The molecule has 5 heteroatoms. The fraction of sp³-hybridized carbons (Fsp3) is 0.812. The Balaban J connectivity index is 2.21. The van der Waals surface area contributed by atoms with E-state index in [-0.39, 0.29) is 11.3 Å². The van der Waals surface area contributed by atoms with Gasteiger partial charge in [0.25, 0.3) is 0 Å². The average Bonchev–Trinajstić information content (AvgIpc) is 2.76. The van der Waals surface area contributed by atoms with E-state index >= 15 is 0 Å². The van der Waals surface area contributed by atoms with Crippen LogP contribution in [-0.4, -0.2) is 40.4 Å². The molecule has 120 valence electrons. The summed E-state index contributed by atoms with van der Waals surface area (Å²) < 4.78 is 1.87. The average molecular weight is 314 g/mol. The van der Waals surface area contributed by atoms with Gasteiger partial charge >= 0.3 is 0 Å². The smallest absolute Gasteiger partial charge is 0.100 e. The Hall–Kier alpha value is -0.580. The molecule has 1 aromatic rings. The Kier molecular flexibility index (Phi) is 5.33. The van der Waals surface area contributed by atoms with Crippen molar-refractivity contribution in [1.29, 1.82) is 0 Å². The quantitative estimate of drug-likeness (QED) is 0.906.